The first kappa shape index (κ1) is 15.5. The van der Waals surface area contributed by atoms with Crippen molar-refractivity contribution in [2.24, 2.45) is 5.92 Å². The predicted octanol–water partition coefficient (Wildman–Crippen LogP) is 4.32. The van der Waals surface area contributed by atoms with E-state index in [0.29, 0.717) is 12.7 Å². The van der Waals surface area contributed by atoms with Crippen molar-refractivity contribution in [2.75, 3.05) is 6.61 Å². The number of aliphatic hydroxyl groups excluding tert-OH is 1. The molecule has 1 aliphatic carbocycles. The lowest BCUT2D eigenvalue weighted by Gasteiger charge is -2.29. The van der Waals surface area contributed by atoms with Gasteiger partial charge in [-0.15, -0.1) is 0 Å². The second-order valence-corrected chi connectivity index (χ2v) is 6.27. The molecule has 2 heteroatoms. The summed E-state index contributed by atoms with van der Waals surface area (Å²) < 4.78 is 5.98. The molecule has 0 spiro atoms. The van der Waals surface area contributed by atoms with Crippen LogP contribution in [0, 0.1) is 19.8 Å². The zero-order valence-electron chi connectivity index (χ0n) is 13.1. The molecule has 0 aromatic heterocycles. The third-order valence-corrected chi connectivity index (χ3v) is 4.60. The Balaban J connectivity index is 1.88. The van der Waals surface area contributed by atoms with Gasteiger partial charge in [0.1, 0.15) is 6.10 Å². The fourth-order valence-electron chi connectivity index (χ4n) is 3.20. The van der Waals surface area contributed by atoms with Gasteiger partial charge < -0.3 is 9.84 Å². The van der Waals surface area contributed by atoms with Crippen LogP contribution in [-0.4, -0.2) is 17.8 Å². The Morgan fingerprint density at radius 1 is 1.30 bits per heavy atom. The first-order valence-corrected chi connectivity index (χ1v) is 7.97. The van der Waals surface area contributed by atoms with Crippen LogP contribution in [-0.2, 0) is 4.74 Å². The smallest absolute Gasteiger partial charge is 0.103 e. The summed E-state index contributed by atoms with van der Waals surface area (Å²) in [5.74, 6) is 0.812. The minimum Gasteiger partial charge on any atom is -0.386 e. The molecule has 0 saturated heterocycles. The Hall–Kier alpha value is -0.860. The lowest BCUT2D eigenvalue weighted by Crippen LogP contribution is -2.24. The standard InChI is InChI=1S/C18H28O2/c1-4-15-6-5-7-16(11-15)20-12-18(19)17-10-13(2)8-9-14(17)3/h8-10,15-16,18-19H,4-7,11-12H2,1-3H3. The Bertz CT molecular complexity index is 427. The molecule has 2 nitrogen and oxygen atoms in total. The van der Waals surface area contributed by atoms with E-state index in [1.807, 2.05) is 6.92 Å². The minimum atomic E-state index is -0.503. The van der Waals surface area contributed by atoms with Crippen molar-refractivity contribution >= 4 is 0 Å². The van der Waals surface area contributed by atoms with Crippen LogP contribution < -0.4 is 0 Å². The maximum atomic E-state index is 10.4. The van der Waals surface area contributed by atoms with E-state index in [1.165, 1.54) is 24.8 Å². The molecule has 1 fully saturated rings. The average molecular weight is 276 g/mol. The Morgan fingerprint density at radius 2 is 2.10 bits per heavy atom. The summed E-state index contributed by atoms with van der Waals surface area (Å²) in [5.41, 5.74) is 3.34. The van der Waals surface area contributed by atoms with Crippen LogP contribution in [0.25, 0.3) is 0 Å². The van der Waals surface area contributed by atoms with E-state index in [-0.39, 0.29) is 0 Å². The number of ether oxygens (including phenoxy) is 1. The van der Waals surface area contributed by atoms with Gasteiger partial charge in [0.05, 0.1) is 12.7 Å². The molecular formula is C18H28O2. The molecule has 1 aliphatic rings. The van der Waals surface area contributed by atoms with Gasteiger partial charge in [-0.2, -0.15) is 0 Å². The van der Waals surface area contributed by atoms with Crippen LogP contribution in [0.2, 0.25) is 0 Å². The zero-order valence-corrected chi connectivity index (χ0v) is 13.1. The van der Waals surface area contributed by atoms with Gasteiger partial charge in [-0.25, -0.2) is 0 Å². The summed E-state index contributed by atoms with van der Waals surface area (Å²) in [6.45, 7) is 6.79. The van der Waals surface area contributed by atoms with Gasteiger partial charge in [0.15, 0.2) is 0 Å². The fourth-order valence-corrected chi connectivity index (χ4v) is 3.20. The van der Waals surface area contributed by atoms with Crippen LogP contribution in [0.3, 0.4) is 0 Å². The van der Waals surface area contributed by atoms with Crippen LogP contribution in [0.4, 0.5) is 0 Å². The van der Waals surface area contributed by atoms with Crippen LogP contribution in [0.15, 0.2) is 18.2 Å². The average Bonchev–Trinajstić information content (AvgIpc) is 2.47. The summed E-state index contributed by atoms with van der Waals surface area (Å²) in [6, 6.07) is 6.22. The summed E-state index contributed by atoms with van der Waals surface area (Å²) >= 11 is 0. The first-order valence-electron chi connectivity index (χ1n) is 7.97. The molecule has 3 unspecified atom stereocenters. The lowest BCUT2D eigenvalue weighted by molar-refractivity contribution is -0.0341. The van der Waals surface area contributed by atoms with Crippen molar-refractivity contribution < 1.29 is 9.84 Å². The topological polar surface area (TPSA) is 29.5 Å². The van der Waals surface area contributed by atoms with Gasteiger partial charge in [0, 0.05) is 0 Å². The maximum Gasteiger partial charge on any atom is 0.103 e. The van der Waals surface area contributed by atoms with E-state index >= 15 is 0 Å². The van der Waals surface area contributed by atoms with Gasteiger partial charge in [-0.05, 0) is 43.7 Å². The predicted molar refractivity (Wildman–Crippen MR) is 82.9 cm³/mol. The molecule has 1 aromatic rings. The summed E-state index contributed by atoms with van der Waals surface area (Å²) in [5, 5.41) is 10.4. The highest BCUT2D eigenvalue weighted by atomic mass is 16.5. The molecule has 0 heterocycles. The van der Waals surface area contributed by atoms with E-state index in [0.717, 1.165) is 29.9 Å². The molecule has 0 amide bonds. The molecule has 20 heavy (non-hydrogen) atoms. The summed E-state index contributed by atoms with van der Waals surface area (Å²) in [6.07, 6.45) is 6.01. The molecule has 0 bridgehead atoms. The van der Waals surface area contributed by atoms with Crippen molar-refractivity contribution in [2.45, 2.75) is 65.1 Å². The summed E-state index contributed by atoms with van der Waals surface area (Å²) in [7, 11) is 0. The maximum absolute atomic E-state index is 10.4. The van der Waals surface area contributed by atoms with Gasteiger partial charge in [-0.3, -0.25) is 0 Å². The van der Waals surface area contributed by atoms with Crippen LogP contribution >= 0.6 is 0 Å². The molecule has 0 radical (unpaired) electrons. The number of aryl methyl sites for hydroxylation is 2. The first-order chi connectivity index (χ1) is 9.60. The number of benzene rings is 1. The number of hydrogen-bond donors (Lipinski definition) is 1. The molecular weight excluding hydrogens is 248 g/mol. The minimum absolute atomic E-state index is 0.341. The molecule has 3 atom stereocenters. The van der Waals surface area contributed by atoms with Gasteiger partial charge >= 0.3 is 0 Å². The third kappa shape index (κ3) is 4.07. The molecule has 112 valence electrons. The van der Waals surface area contributed by atoms with Crippen molar-refractivity contribution in [3.63, 3.8) is 0 Å². The second kappa shape index (κ2) is 7.24. The van der Waals surface area contributed by atoms with Crippen molar-refractivity contribution in [1.29, 1.82) is 0 Å². The fraction of sp³-hybridized carbons (Fsp3) is 0.667. The molecule has 1 N–H and O–H groups in total. The third-order valence-electron chi connectivity index (χ3n) is 4.60. The summed E-state index contributed by atoms with van der Waals surface area (Å²) in [4.78, 5) is 0. The van der Waals surface area contributed by atoms with Gasteiger partial charge in [0.2, 0.25) is 0 Å². The van der Waals surface area contributed by atoms with E-state index in [9.17, 15) is 5.11 Å². The van der Waals surface area contributed by atoms with Crippen LogP contribution in [0.1, 0.15) is 61.8 Å². The number of aliphatic hydroxyl groups is 1. The van der Waals surface area contributed by atoms with Gasteiger partial charge in [-0.1, -0.05) is 49.9 Å². The Labute approximate surface area is 123 Å². The Morgan fingerprint density at radius 3 is 2.85 bits per heavy atom. The highest BCUT2D eigenvalue weighted by Crippen LogP contribution is 2.29. The van der Waals surface area contributed by atoms with Crippen molar-refractivity contribution in [3.05, 3.63) is 34.9 Å². The molecule has 2 rings (SSSR count). The second-order valence-electron chi connectivity index (χ2n) is 6.27. The zero-order chi connectivity index (χ0) is 14.5. The van der Waals surface area contributed by atoms with E-state index in [1.54, 1.807) is 0 Å². The van der Waals surface area contributed by atoms with Crippen molar-refractivity contribution in [3.8, 4) is 0 Å². The van der Waals surface area contributed by atoms with Crippen molar-refractivity contribution in [1.82, 2.24) is 0 Å². The monoisotopic (exact) mass is 276 g/mol. The van der Waals surface area contributed by atoms with E-state index in [4.69, 9.17) is 4.74 Å². The Kier molecular flexibility index (Phi) is 5.62. The lowest BCUT2D eigenvalue weighted by atomic mass is 9.85. The molecule has 0 aliphatic heterocycles. The SMILES string of the molecule is CCC1CCCC(OCC(O)c2cc(C)ccc2C)C1. The van der Waals surface area contributed by atoms with E-state index < -0.39 is 6.10 Å². The molecule has 1 saturated carbocycles. The van der Waals surface area contributed by atoms with Gasteiger partial charge in [0.25, 0.3) is 0 Å². The largest absolute Gasteiger partial charge is 0.386 e. The van der Waals surface area contributed by atoms with Crippen LogP contribution in [0.5, 0.6) is 0 Å². The quantitative estimate of drug-likeness (QED) is 0.867. The highest BCUT2D eigenvalue weighted by Gasteiger charge is 2.22. The highest BCUT2D eigenvalue weighted by molar-refractivity contribution is 5.32. The number of hydrogen-bond acceptors (Lipinski definition) is 2. The number of rotatable bonds is 5. The molecule has 1 aromatic carbocycles. The normalized spacial score (nSPS) is 24.6. The van der Waals surface area contributed by atoms with E-state index in [2.05, 4.69) is 32.0 Å².